The Kier molecular flexibility index (Phi) is 12.4. The minimum atomic E-state index is -0.131. The Morgan fingerprint density at radius 1 is 1.16 bits per heavy atom. The van der Waals surface area contributed by atoms with E-state index in [4.69, 9.17) is 23.2 Å². The number of nitrogens with one attached hydrogen (secondary N) is 2. The second-order valence-electron chi connectivity index (χ2n) is 8.45. The molecule has 10 heteroatoms. The summed E-state index contributed by atoms with van der Waals surface area (Å²) in [7, 11) is 0. The van der Waals surface area contributed by atoms with E-state index in [1.807, 2.05) is 52.0 Å². The lowest BCUT2D eigenvalue weighted by atomic mass is 10.1. The van der Waals surface area contributed by atoms with Crippen molar-refractivity contribution >= 4 is 53.0 Å². The molecule has 8 nitrogen and oxygen atoms in total. The number of hydrogen-bond acceptors (Lipinski definition) is 4. The Hall–Kier alpha value is -3.10. The van der Waals surface area contributed by atoms with Crippen molar-refractivity contribution in [3.05, 3.63) is 63.5 Å². The Morgan fingerprint density at radius 2 is 1.86 bits per heavy atom. The van der Waals surface area contributed by atoms with Crippen LogP contribution in [0.4, 0.5) is 0 Å². The highest BCUT2D eigenvalue weighted by atomic mass is 35.5. The first kappa shape index (κ1) is 30.1. The van der Waals surface area contributed by atoms with Crippen LogP contribution in [0.1, 0.15) is 52.4 Å². The molecule has 2 N–H and O–H groups in total. The largest absolute Gasteiger partial charge is 0.349 e. The number of allylic oxidation sites excluding steroid dienone is 5. The number of carbonyl (C=O) groups excluding carboxylic acids is 3. The van der Waals surface area contributed by atoms with Gasteiger partial charge < -0.3 is 20.1 Å². The first-order chi connectivity index (χ1) is 17.8. The molecule has 1 saturated heterocycles. The van der Waals surface area contributed by atoms with Gasteiger partial charge in [0.25, 0.3) is 0 Å². The van der Waals surface area contributed by atoms with Crippen molar-refractivity contribution in [2.45, 2.75) is 46.6 Å². The second-order valence-corrected chi connectivity index (χ2v) is 9.29. The van der Waals surface area contributed by atoms with Crippen LogP contribution in [0.5, 0.6) is 0 Å². The zero-order valence-electron chi connectivity index (χ0n) is 21.8. The molecule has 0 saturated carbocycles. The molecule has 1 atom stereocenters. The van der Waals surface area contributed by atoms with Gasteiger partial charge in [-0.15, -0.1) is 0 Å². The maximum Gasteiger partial charge on any atom is 0.227 e. The van der Waals surface area contributed by atoms with Crippen molar-refractivity contribution in [1.29, 1.82) is 0 Å². The minimum Gasteiger partial charge on any atom is -0.349 e. The van der Waals surface area contributed by atoms with Crippen molar-refractivity contribution in [3.8, 4) is 0 Å². The molecular weight excluding hydrogens is 513 g/mol. The number of fused-ring (bicyclic) bond motifs is 1. The highest BCUT2D eigenvalue weighted by molar-refractivity contribution is 6.32. The summed E-state index contributed by atoms with van der Waals surface area (Å²) in [5.74, 6) is 0.792. The molecule has 200 valence electrons. The van der Waals surface area contributed by atoms with Gasteiger partial charge in [0.1, 0.15) is 5.82 Å². The molecular formula is C27H35Cl2N5O3. The molecule has 3 amide bonds. The van der Waals surface area contributed by atoms with Gasteiger partial charge >= 0.3 is 0 Å². The fraction of sp³-hybridized carbons (Fsp3) is 0.407. The van der Waals surface area contributed by atoms with E-state index in [1.54, 1.807) is 21.9 Å². The van der Waals surface area contributed by atoms with Gasteiger partial charge in [0.15, 0.2) is 0 Å². The molecule has 37 heavy (non-hydrogen) atoms. The molecule has 0 bridgehead atoms. The van der Waals surface area contributed by atoms with Crippen molar-refractivity contribution in [1.82, 2.24) is 25.1 Å². The number of carbonyl (C=O) groups is 3. The zero-order chi connectivity index (χ0) is 27.4. The Morgan fingerprint density at radius 3 is 2.51 bits per heavy atom. The summed E-state index contributed by atoms with van der Waals surface area (Å²) >= 11 is 12.1. The number of aromatic nitrogens is 2. The Balaban J connectivity index is 0.000000252. The predicted molar refractivity (Wildman–Crippen MR) is 149 cm³/mol. The SMILES string of the molecule is CC.CC(NC=O)c1nc2ccc(Cl)cc2[nH]1.CC1=CC=C(CC(=O)N2CCN(C=O)CC2)C(Cl)=CC1. The number of aromatic amines is 1. The summed E-state index contributed by atoms with van der Waals surface area (Å²) in [5.41, 5.74) is 3.81. The van der Waals surface area contributed by atoms with Gasteiger partial charge in [-0.2, -0.15) is 0 Å². The number of piperazine rings is 1. The molecule has 2 aliphatic rings. The molecule has 2 aromatic rings. The van der Waals surface area contributed by atoms with E-state index in [-0.39, 0.29) is 11.9 Å². The van der Waals surface area contributed by atoms with Crippen LogP contribution >= 0.6 is 23.2 Å². The molecule has 1 aromatic carbocycles. The van der Waals surface area contributed by atoms with Gasteiger partial charge in [0, 0.05) is 36.2 Å². The summed E-state index contributed by atoms with van der Waals surface area (Å²) in [6, 6.07) is 5.30. The van der Waals surface area contributed by atoms with Gasteiger partial charge in [-0.1, -0.05) is 60.9 Å². The van der Waals surface area contributed by atoms with Crippen LogP contribution in [-0.2, 0) is 14.4 Å². The number of benzene rings is 1. The number of imidazole rings is 1. The third kappa shape index (κ3) is 9.05. The highest BCUT2D eigenvalue weighted by Crippen LogP contribution is 2.25. The third-order valence-corrected chi connectivity index (χ3v) is 6.46. The van der Waals surface area contributed by atoms with Crippen LogP contribution in [-0.4, -0.2) is 64.7 Å². The van der Waals surface area contributed by atoms with Crippen LogP contribution in [0.25, 0.3) is 11.0 Å². The van der Waals surface area contributed by atoms with E-state index in [9.17, 15) is 14.4 Å². The fourth-order valence-corrected chi connectivity index (χ4v) is 4.03. The molecule has 1 aliphatic carbocycles. The molecule has 1 aliphatic heterocycles. The van der Waals surface area contributed by atoms with E-state index in [0.717, 1.165) is 35.3 Å². The van der Waals surface area contributed by atoms with Crippen LogP contribution in [0.2, 0.25) is 5.02 Å². The van der Waals surface area contributed by atoms with E-state index in [1.165, 1.54) is 5.57 Å². The van der Waals surface area contributed by atoms with E-state index >= 15 is 0 Å². The van der Waals surface area contributed by atoms with Crippen LogP contribution in [0, 0.1) is 0 Å². The third-order valence-electron chi connectivity index (χ3n) is 5.83. The Bertz CT molecular complexity index is 1160. The summed E-state index contributed by atoms with van der Waals surface area (Å²) in [4.78, 5) is 44.1. The average molecular weight is 549 g/mol. The van der Waals surface area contributed by atoms with Crippen molar-refractivity contribution in [2.75, 3.05) is 26.2 Å². The van der Waals surface area contributed by atoms with Gasteiger partial charge in [0.05, 0.1) is 23.5 Å². The number of rotatable bonds is 6. The number of halogens is 2. The lowest BCUT2D eigenvalue weighted by Crippen LogP contribution is -2.48. The highest BCUT2D eigenvalue weighted by Gasteiger charge is 2.21. The standard InChI is InChI=1S/C15H19ClN2O2.C10H10ClN3O.C2H6/c1-12-2-4-13(14(16)5-3-12)10-15(20)18-8-6-17(11-19)7-9-18;1-6(12-5-15)10-13-8-3-2-7(11)4-9(8)14-10;1-2/h2,4-5,11H,3,6-10H2,1H3;2-6H,1H3,(H,12,15)(H,13,14);1-2H3. The van der Waals surface area contributed by atoms with E-state index in [2.05, 4.69) is 15.3 Å². The molecule has 1 fully saturated rings. The predicted octanol–water partition coefficient (Wildman–Crippen LogP) is 5.13. The number of nitrogens with zero attached hydrogens (tertiary/aromatic N) is 3. The normalized spacial score (nSPS) is 16.0. The second kappa shape index (κ2) is 15.2. The number of H-pyrrole nitrogens is 1. The van der Waals surface area contributed by atoms with E-state index in [0.29, 0.717) is 49.1 Å². The first-order valence-electron chi connectivity index (χ1n) is 12.3. The monoisotopic (exact) mass is 547 g/mol. The van der Waals surface area contributed by atoms with Crippen molar-refractivity contribution in [3.63, 3.8) is 0 Å². The topological polar surface area (TPSA) is 98.4 Å². The lowest BCUT2D eigenvalue weighted by molar-refractivity contribution is -0.134. The quantitative estimate of drug-likeness (QED) is 0.490. The maximum absolute atomic E-state index is 12.3. The number of hydrogen-bond donors (Lipinski definition) is 2. The lowest BCUT2D eigenvalue weighted by Gasteiger charge is -2.32. The van der Waals surface area contributed by atoms with E-state index < -0.39 is 0 Å². The molecule has 4 rings (SSSR count). The van der Waals surface area contributed by atoms with Crippen molar-refractivity contribution < 1.29 is 14.4 Å². The van der Waals surface area contributed by atoms with Crippen LogP contribution < -0.4 is 5.32 Å². The molecule has 1 aromatic heterocycles. The van der Waals surface area contributed by atoms with Gasteiger partial charge in [0.2, 0.25) is 18.7 Å². The summed E-state index contributed by atoms with van der Waals surface area (Å²) in [5, 5.41) is 3.96. The minimum absolute atomic E-state index is 0.0707. The van der Waals surface area contributed by atoms with Gasteiger partial charge in [-0.05, 0) is 44.0 Å². The fourth-order valence-electron chi connectivity index (χ4n) is 3.65. The van der Waals surface area contributed by atoms with Crippen LogP contribution in [0.3, 0.4) is 0 Å². The molecule has 2 heterocycles. The van der Waals surface area contributed by atoms with Gasteiger partial charge in [-0.25, -0.2) is 4.98 Å². The summed E-state index contributed by atoms with van der Waals surface area (Å²) in [6.07, 6.45) is 8.53. The molecule has 0 spiro atoms. The first-order valence-corrected chi connectivity index (χ1v) is 13.1. The van der Waals surface area contributed by atoms with Crippen LogP contribution in [0.15, 0.2) is 52.6 Å². The smallest absolute Gasteiger partial charge is 0.227 e. The summed E-state index contributed by atoms with van der Waals surface area (Å²) < 4.78 is 0. The average Bonchev–Trinajstić information content (AvgIpc) is 3.27. The Labute approximate surface area is 228 Å². The van der Waals surface area contributed by atoms with Gasteiger partial charge in [-0.3, -0.25) is 14.4 Å². The maximum atomic E-state index is 12.3. The number of amides is 3. The molecule has 1 unspecified atom stereocenters. The molecule has 0 radical (unpaired) electrons. The summed E-state index contributed by atoms with van der Waals surface area (Å²) in [6.45, 7) is 10.3. The van der Waals surface area contributed by atoms with Crippen molar-refractivity contribution in [2.24, 2.45) is 0 Å². The zero-order valence-corrected chi connectivity index (χ0v) is 23.3.